The largest absolute Gasteiger partial charge is 0.469 e. The summed E-state index contributed by atoms with van der Waals surface area (Å²) in [5, 5.41) is 3.34. The van der Waals surface area contributed by atoms with Crippen LogP contribution in [0.15, 0.2) is 16.7 Å². The van der Waals surface area contributed by atoms with Gasteiger partial charge in [0.05, 0.1) is 11.7 Å². The first kappa shape index (κ1) is 14.1. The zero-order chi connectivity index (χ0) is 13.9. The number of amides is 1. The van der Waals surface area contributed by atoms with Gasteiger partial charge in [-0.3, -0.25) is 4.79 Å². The summed E-state index contributed by atoms with van der Waals surface area (Å²) >= 11 is 0. The van der Waals surface area contributed by atoms with Crippen molar-refractivity contribution in [3.63, 3.8) is 0 Å². The van der Waals surface area contributed by atoms with Crippen LogP contribution in [0.3, 0.4) is 0 Å². The minimum Gasteiger partial charge on any atom is -0.469 e. The maximum absolute atomic E-state index is 12.8. The van der Waals surface area contributed by atoms with Crippen molar-refractivity contribution in [2.45, 2.75) is 39.7 Å². The van der Waals surface area contributed by atoms with Crippen LogP contribution in [0.1, 0.15) is 37.5 Å². The van der Waals surface area contributed by atoms with Crippen molar-refractivity contribution in [3.05, 3.63) is 23.7 Å². The predicted octanol–water partition coefficient (Wildman–Crippen LogP) is 2.33. The van der Waals surface area contributed by atoms with Gasteiger partial charge in [0.1, 0.15) is 5.76 Å². The van der Waals surface area contributed by atoms with E-state index in [9.17, 15) is 4.79 Å². The second-order valence-electron chi connectivity index (χ2n) is 5.62. The molecule has 2 heterocycles. The van der Waals surface area contributed by atoms with Crippen molar-refractivity contribution >= 4 is 5.91 Å². The molecule has 1 fully saturated rings. The smallest absolute Gasteiger partial charge is 0.230 e. The van der Waals surface area contributed by atoms with Gasteiger partial charge in [-0.25, -0.2) is 0 Å². The Bertz CT molecular complexity index is 433. The third-order valence-corrected chi connectivity index (χ3v) is 4.15. The van der Waals surface area contributed by atoms with E-state index in [0.29, 0.717) is 6.54 Å². The van der Waals surface area contributed by atoms with Crippen molar-refractivity contribution in [2.24, 2.45) is 5.41 Å². The van der Waals surface area contributed by atoms with Gasteiger partial charge in [0, 0.05) is 25.7 Å². The molecule has 1 amide bonds. The Morgan fingerprint density at radius 3 is 2.89 bits per heavy atom. The molecule has 2 rings (SSSR count). The number of nitrogens with zero attached hydrogens (tertiary/aromatic N) is 1. The number of carbonyl (C=O) groups is 1. The summed E-state index contributed by atoms with van der Waals surface area (Å²) in [7, 11) is 1.89. The number of nitrogens with one attached hydrogen (secondary N) is 1. The van der Waals surface area contributed by atoms with Crippen molar-refractivity contribution in [3.8, 4) is 0 Å². The average Bonchev–Trinajstić information content (AvgIpc) is 3.00. The van der Waals surface area contributed by atoms with E-state index in [-0.39, 0.29) is 11.3 Å². The van der Waals surface area contributed by atoms with Crippen LogP contribution in [0.25, 0.3) is 0 Å². The van der Waals surface area contributed by atoms with E-state index in [1.165, 1.54) is 0 Å². The Labute approximate surface area is 115 Å². The highest BCUT2D eigenvalue weighted by Gasteiger charge is 2.41. The number of rotatable bonds is 5. The van der Waals surface area contributed by atoms with E-state index >= 15 is 0 Å². The number of aryl methyl sites for hydroxylation is 1. The van der Waals surface area contributed by atoms with Gasteiger partial charge in [-0.1, -0.05) is 13.3 Å². The molecule has 0 saturated carbocycles. The molecule has 4 nitrogen and oxygen atoms in total. The summed E-state index contributed by atoms with van der Waals surface area (Å²) in [4.78, 5) is 14.6. The first-order valence-corrected chi connectivity index (χ1v) is 7.08. The highest BCUT2D eigenvalue weighted by atomic mass is 16.3. The first-order chi connectivity index (χ1) is 9.09. The van der Waals surface area contributed by atoms with Crippen LogP contribution in [0.2, 0.25) is 0 Å². The fourth-order valence-corrected chi connectivity index (χ4v) is 3.03. The molecule has 0 aromatic carbocycles. The summed E-state index contributed by atoms with van der Waals surface area (Å²) < 4.78 is 5.29. The number of carbonyl (C=O) groups excluding carboxylic acids is 1. The number of hydrogen-bond donors (Lipinski definition) is 1. The molecule has 19 heavy (non-hydrogen) atoms. The summed E-state index contributed by atoms with van der Waals surface area (Å²) in [6.07, 6.45) is 4.65. The molecular weight excluding hydrogens is 240 g/mol. The van der Waals surface area contributed by atoms with Crippen LogP contribution in [-0.4, -0.2) is 30.9 Å². The summed E-state index contributed by atoms with van der Waals surface area (Å²) in [6, 6.07) is 1.94. The Morgan fingerprint density at radius 2 is 2.37 bits per heavy atom. The van der Waals surface area contributed by atoms with Gasteiger partial charge >= 0.3 is 0 Å². The second kappa shape index (κ2) is 5.78. The van der Waals surface area contributed by atoms with Crippen LogP contribution in [0, 0.1) is 12.3 Å². The lowest BCUT2D eigenvalue weighted by Crippen LogP contribution is -2.43. The molecule has 106 valence electrons. The van der Waals surface area contributed by atoms with Crippen LogP contribution >= 0.6 is 0 Å². The minimum absolute atomic E-state index is 0.193. The van der Waals surface area contributed by atoms with Crippen molar-refractivity contribution < 1.29 is 9.21 Å². The summed E-state index contributed by atoms with van der Waals surface area (Å²) in [5.74, 6) is 1.16. The Kier molecular flexibility index (Phi) is 4.30. The fraction of sp³-hybridized carbons (Fsp3) is 0.667. The average molecular weight is 264 g/mol. The van der Waals surface area contributed by atoms with E-state index in [1.807, 2.05) is 24.9 Å². The van der Waals surface area contributed by atoms with Crippen LogP contribution < -0.4 is 5.32 Å². The van der Waals surface area contributed by atoms with Gasteiger partial charge < -0.3 is 14.6 Å². The maximum Gasteiger partial charge on any atom is 0.230 e. The molecule has 1 saturated heterocycles. The quantitative estimate of drug-likeness (QED) is 0.887. The first-order valence-electron chi connectivity index (χ1n) is 7.08. The lowest BCUT2D eigenvalue weighted by Gasteiger charge is -2.31. The fourth-order valence-electron chi connectivity index (χ4n) is 3.03. The molecule has 1 atom stereocenters. The van der Waals surface area contributed by atoms with Crippen molar-refractivity contribution in [2.75, 3.05) is 20.1 Å². The van der Waals surface area contributed by atoms with E-state index < -0.39 is 0 Å². The monoisotopic (exact) mass is 264 g/mol. The molecule has 0 radical (unpaired) electrons. The SMILES string of the molecule is CCCC1(C(=O)N(C)Cc2ccoc2C)CCNC1. The summed E-state index contributed by atoms with van der Waals surface area (Å²) in [6.45, 7) is 6.48. The lowest BCUT2D eigenvalue weighted by atomic mass is 9.81. The Morgan fingerprint density at radius 1 is 1.58 bits per heavy atom. The van der Waals surface area contributed by atoms with Crippen molar-refractivity contribution in [1.82, 2.24) is 10.2 Å². The molecule has 1 aromatic rings. The predicted molar refractivity (Wildman–Crippen MR) is 74.7 cm³/mol. The highest BCUT2D eigenvalue weighted by molar-refractivity contribution is 5.83. The summed E-state index contributed by atoms with van der Waals surface area (Å²) in [5.41, 5.74) is 0.898. The Balaban J connectivity index is 2.07. The van der Waals surface area contributed by atoms with Gasteiger partial charge in [-0.05, 0) is 32.4 Å². The maximum atomic E-state index is 12.8. The lowest BCUT2D eigenvalue weighted by molar-refractivity contribution is -0.140. The second-order valence-corrected chi connectivity index (χ2v) is 5.62. The Hall–Kier alpha value is -1.29. The van der Waals surface area contributed by atoms with Crippen LogP contribution in [0.4, 0.5) is 0 Å². The zero-order valence-electron chi connectivity index (χ0n) is 12.2. The normalized spacial score (nSPS) is 22.7. The van der Waals surface area contributed by atoms with Gasteiger partial charge in [-0.15, -0.1) is 0 Å². The van der Waals surface area contributed by atoms with E-state index in [2.05, 4.69) is 12.2 Å². The molecule has 4 heteroatoms. The molecule has 1 N–H and O–H groups in total. The highest BCUT2D eigenvalue weighted by Crippen LogP contribution is 2.33. The van der Waals surface area contributed by atoms with E-state index in [4.69, 9.17) is 4.42 Å². The topological polar surface area (TPSA) is 45.5 Å². The molecule has 1 aliphatic heterocycles. The van der Waals surface area contributed by atoms with Gasteiger partial charge in [-0.2, -0.15) is 0 Å². The van der Waals surface area contributed by atoms with Gasteiger partial charge in [0.25, 0.3) is 0 Å². The van der Waals surface area contributed by atoms with Crippen LogP contribution in [-0.2, 0) is 11.3 Å². The van der Waals surface area contributed by atoms with E-state index in [0.717, 1.165) is 43.7 Å². The molecule has 1 aliphatic rings. The molecule has 0 spiro atoms. The van der Waals surface area contributed by atoms with Gasteiger partial charge in [0.2, 0.25) is 5.91 Å². The third kappa shape index (κ3) is 2.84. The third-order valence-electron chi connectivity index (χ3n) is 4.15. The van der Waals surface area contributed by atoms with Crippen molar-refractivity contribution in [1.29, 1.82) is 0 Å². The van der Waals surface area contributed by atoms with E-state index in [1.54, 1.807) is 6.26 Å². The minimum atomic E-state index is -0.193. The molecule has 1 unspecified atom stereocenters. The van der Waals surface area contributed by atoms with Gasteiger partial charge in [0.15, 0.2) is 0 Å². The molecule has 0 aliphatic carbocycles. The zero-order valence-corrected chi connectivity index (χ0v) is 12.2. The van der Waals surface area contributed by atoms with Crippen LogP contribution in [0.5, 0.6) is 0 Å². The standard InChI is InChI=1S/C15H24N2O2/c1-4-6-15(7-8-16-11-15)14(18)17(3)10-13-5-9-19-12(13)2/h5,9,16H,4,6-8,10-11H2,1-3H3. The molecule has 1 aromatic heterocycles. The number of hydrogen-bond acceptors (Lipinski definition) is 3. The molecular formula is C15H24N2O2. The molecule has 0 bridgehead atoms. The number of furan rings is 1.